The Morgan fingerprint density at radius 1 is 0.958 bits per heavy atom. The molecule has 114 valence electrons. The second-order valence-corrected chi connectivity index (χ2v) is 5.20. The molecular weight excluding hydrogens is 302 g/mol. The fourth-order valence-corrected chi connectivity index (χ4v) is 2.76. The topological polar surface area (TPSA) is 87.6 Å². The van der Waals surface area contributed by atoms with Gasteiger partial charge in [0.25, 0.3) is 0 Å². The van der Waals surface area contributed by atoms with E-state index in [4.69, 9.17) is 0 Å². The summed E-state index contributed by atoms with van der Waals surface area (Å²) < 4.78 is 1.62. The smallest absolute Gasteiger partial charge is 0.191 e. The number of hydrogen-bond acceptors (Lipinski definition) is 5. The Labute approximate surface area is 137 Å². The van der Waals surface area contributed by atoms with Gasteiger partial charge in [0, 0.05) is 28.7 Å². The maximum Gasteiger partial charge on any atom is 0.191 e. The Hall–Kier alpha value is -3.72. The van der Waals surface area contributed by atoms with E-state index in [0.717, 1.165) is 16.6 Å². The minimum absolute atomic E-state index is 0.195. The van der Waals surface area contributed by atoms with Gasteiger partial charge in [-0.1, -0.05) is 29.5 Å². The fourth-order valence-electron chi connectivity index (χ4n) is 2.76. The number of pyridine rings is 1. The summed E-state index contributed by atoms with van der Waals surface area (Å²) in [5.41, 5.74) is 2.36. The average molecular weight is 313 g/mol. The summed E-state index contributed by atoms with van der Waals surface area (Å²) in [5, 5.41) is 29.1. The van der Waals surface area contributed by atoms with Crippen LogP contribution in [0.4, 0.5) is 0 Å². The van der Waals surface area contributed by atoms with Gasteiger partial charge in [-0.05, 0) is 24.3 Å². The number of nitrogens with zero attached hydrogens (tertiary/aromatic N) is 5. The molecule has 0 saturated carbocycles. The molecule has 0 radical (unpaired) electrons. The first-order valence-electron chi connectivity index (χ1n) is 7.27. The van der Waals surface area contributed by atoms with E-state index in [0.29, 0.717) is 11.1 Å². The van der Waals surface area contributed by atoms with Crippen LogP contribution in [0.5, 0.6) is 5.75 Å². The zero-order valence-corrected chi connectivity index (χ0v) is 12.5. The fraction of sp³-hybridized carbons (Fsp3) is 0. The quantitative estimate of drug-likeness (QED) is 0.614. The Morgan fingerprint density at radius 3 is 2.50 bits per heavy atom. The molecule has 0 spiro atoms. The highest BCUT2D eigenvalue weighted by atomic mass is 16.3. The van der Waals surface area contributed by atoms with Crippen molar-refractivity contribution in [3.05, 3.63) is 66.6 Å². The van der Waals surface area contributed by atoms with Gasteiger partial charge in [-0.25, -0.2) is 4.68 Å². The third kappa shape index (κ3) is 2.08. The zero-order valence-electron chi connectivity index (χ0n) is 12.5. The third-order valence-electron chi connectivity index (χ3n) is 3.83. The molecule has 0 saturated heterocycles. The van der Waals surface area contributed by atoms with Crippen molar-refractivity contribution < 1.29 is 5.11 Å². The van der Waals surface area contributed by atoms with Gasteiger partial charge in [0.2, 0.25) is 0 Å². The van der Waals surface area contributed by atoms with E-state index in [1.54, 1.807) is 41.3 Å². The van der Waals surface area contributed by atoms with Gasteiger partial charge in [0.1, 0.15) is 17.5 Å². The van der Waals surface area contributed by atoms with Gasteiger partial charge in [-0.15, -0.1) is 5.10 Å². The number of fused-ring (bicyclic) bond motifs is 1. The van der Waals surface area contributed by atoms with Gasteiger partial charge >= 0.3 is 0 Å². The summed E-state index contributed by atoms with van der Waals surface area (Å²) in [6, 6.07) is 16.5. The standard InChI is InChI=1S/C18H11N5O/c19-11-15-18(12-7-9-20-10-8-12)23(22-21-15)16-5-1-4-14-13(16)3-2-6-17(14)24/h1-10,24H. The Balaban J connectivity index is 2.05. The van der Waals surface area contributed by atoms with Crippen LogP contribution in [-0.4, -0.2) is 25.1 Å². The second-order valence-electron chi connectivity index (χ2n) is 5.20. The molecule has 0 bridgehead atoms. The number of phenolic OH excluding ortho intramolecular Hbond substituents is 1. The first kappa shape index (κ1) is 13.9. The highest BCUT2D eigenvalue weighted by Gasteiger charge is 2.17. The summed E-state index contributed by atoms with van der Waals surface area (Å²) in [4.78, 5) is 4.01. The van der Waals surface area contributed by atoms with Crippen molar-refractivity contribution in [2.24, 2.45) is 0 Å². The van der Waals surface area contributed by atoms with E-state index < -0.39 is 0 Å². The van der Waals surface area contributed by atoms with Crippen LogP contribution in [0.3, 0.4) is 0 Å². The van der Waals surface area contributed by atoms with Gasteiger partial charge in [0.15, 0.2) is 5.69 Å². The lowest BCUT2D eigenvalue weighted by molar-refractivity contribution is 0.481. The summed E-state index contributed by atoms with van der Waals surface area (Å²) >= 11 is 0. The number of phenols is 1. The summed E-state index contributed by atoms with van der Waals surface area (Å²) in [6.45, 7) is 0. The molecule has 0 aliphatic heterocycles. The molecular formula is C18H11N5O. The van der Waals surface area contributed by atoms with Crippen LogP contribution in [-0.2, 0) is 0 Å². The van der Waals surface area contributed by atoms with Crippen molar-refractivity contribution in [3.8, 4) is 28.8 Å². The zero-order chi connectivity index (χ0) is 16.5. The molecule has 0 fully saturated rings. The molecule has 6 heteroatoms. The first-order chi connectivity index (χ1) is 11.8. The predicted molar refractivity (Wildman–Crippen MR) is 88.5 cm³/mol. The highest BCUT2D eigenvalue weighted by Crippen LogP contribution is 2.31. The summed E-state index contributed by atoms with van der Waals surface area (Å²) in [5.74, 6) is 0.195. The third-order valence-corrected chi connectivity index (χ3v) is 3.83. The molecule has 0 amide bonds. The van der Waals surface area contributed by atoms with Crippen LogP contribution >= 0.6 is 0 Å². The molecule has 1 N–H and O–H groups in total. The van der Waals surface area contributed by atoms with Crippen LogP contribution < -0.4 is 0 Å². The number of aromatic hydroxyl groups is 1. The highest BCUT2D eigenvalue weighted by molar-refractivity contribution is 5.94. The van der Waals surface area contributed by atoms with E-state index in [1.165, 1.54) is 0 Å². The monoisotopic (exact) mass is 313 g/mol. The second kappa shape index (κ2) is 5.48. The molecule has 0 atom stereocenters. The number of rotatable bonds is 2. The van der Waals surface area contributed by atoms with Crippen LogP contribution in [0.2, 0.25) is 0 Å². The molecule has 6 nitrogen and oxygen atoms in total. The minimum Gasteiger partial charge on any atom is -0.507 e. The van der Waals surface area contributed by atoms with Gasteiger partial charge in [-0.3, -0.25) is 4.98 Å². The lowest BCUT2D eigenvalue weighted by Gasteiger charge is -2.10. The van der Waals surface area contributed by atoms with Crippen molar-refractivity contribution in [1.82, 2.24) is 20.0 Å². The molecule has 2 aromatic heterocycles. The summed E-state index contributed by atoms with van der Waals surface area (Å²) in [7, 11) is 0. The summed E-state index contributed by atoms with van der Waals surface area (Å²) in [6.07, 6.45) is 3.31. The van der Waals surface area contributed by atoms with Crippen LogP contribution in [0.15, 0.2) is 60.9 Å². The molecule has 0 aliphatic rings. The molecule has 4 rings (SSSR count). The molecule has 2 heterocycles. The Bertz CT molecular complexity index is 1080. The van der Waals surface area contributed by atoms with E-state index in [1.807, 2.05) is 24.3 Å². The van der Waals surface area contributed by atoms with E-state index in [2.05, 4.69) is 21.4 Å². The first-order valence-corrected chi connectivity index (χ1v) is 7.27. The molecule has 24 heavy (non-hydrogen) atoms. The normalized spacial score (nSPS) is 10.6. The Morgan fingerprint density at radius 2 is 1.71 bits per heavy atom. The van der Waals surface area contributed by atoms with E-state index >= 15 is 0 Å². The maximum absolute atomic E-state index is 10.1. The van der Waals surface area contributed by atoms with Crippen molar-refractivity contribution in [2.75, 3.05) is 0 Å². The van der Waals surface area contributed by atoms with Gasteiger partial charge in [0.05, 0.1) is 5.69 Å². The maximum atomic E-state index is 10.1. The molecule has 2 aromatic carbocycles. The van der Waals surface area contributed by atoms with E-state index in [9.17, 15) is 10.4 Å². The number of hydrogen-bond donors (Lipinski definition) is 1. The lowest BCUT2D eigenvalue weighted by Crippen LogP contribution is -2.01. The molecule has 4 aromatic rings. The van der Waals surface area contributed by atoms with Crippen LogP contribution in [0.1, 0.15) is 5.69 Å². The predicted octanol–water partition coefficient (Wildman–Crippen LogP) is 3.06. The number of benzene rings is 2. The lowest BCUT2D eigenvalue weighted by atomic mass is 10.1. The Kier molecular flexibility index (Phi) is 3.18. The van der Waals surface area contributed by atoms with Crippen molar-refractivity contribution in [3.63, 3.8) is 0 Å². The number of nitriles is 1. The van der Waals surface area contributed by atoms with Gasteiger partial charge in [-0.2, -0.15) is 5.26 Å². The average Bonchev–Trinajstić information content (AvgIpc) is 3.06. The van der Waals surface area contributed by atoms with Crippen molar-refractivity contribution in [2.45, 2.75) is 0 Å². The minimum atomic E-state index is 0.195. The van der Waals surface area contributed by atoms with Crippen molar-refractivity contribution >= 4 is 10.8 Å². The number of aromatic nitrogens is 4. The van der Waals surface area contributed by atoms with Gasteiger partial charge < -0.3 is 5.11 Å². The molecule has 0 aliphatic carbocycles. The van der Waals surface area contributed by atoms with E-state index in [-0.39, 0.29) is 11.4 Å². The largest absolute Gasteiger partial charge is 0.507 e. The molecule has 0 unspecified atom stereocenters. The van der Waals surface area contributed by atoms with Crippen LogP contribution in [0.25, 0.3) is 27.7 Å². The SMILES string of the molecule is N#Cc1nnn(-c2cccc3c(O)cccc23)c1-c1ccncc1. The van der Waals surface area contributed by atoms with Crippen LogP contribution in [0, 0.1) is 11.3 Å². The van der Waals surface area contributed by atoms with Crippen molar-refractivity contribution in [1.29, 1.82) is 5.26 Å².